The fourth-order valence-corrected chi connectivity index (χ4v) is 3.24. The molecule has 1 amide bonds. The molecular formula is C24H18BrFN2O3. The van der Waals surface area contributed by atoms with Gasteiger partial charge in [-0.3, -0.25) is 4.79 Å². The Morgan fingerprint density at radius 2 is 1.84 bits per heavy atom. The topological polar surface area (TPSA) is 71.3 Å². The van der Waals surface area contributed by atoms with E-state index in [1.54, 1.807) is 48.5 Å². The molecule has 0 saturated carbocycles. The van der Waals surface area contributed by atoms with E-state index < -0.39 is 5.82 Å². The van der Waals surface area contributed by atoms with Gasteiger partial charge in [0.25, 0.3) is 5.91 Å². The van der Waals surface area contributed by atoms with E-state index in [9.17, 15) is 14.4 Å². The van der Waals surface area contributed by atoms with Crippen molar-refractivity contribution >= 4 is 39.2 Å². The number of nitriles is 1. The van der Waals surface area contributed by atoms with Crippen molar-refractivity contribution in [2.24, 2.45) is 0 Å². The Morgan fingerprint density at radius 3 is 2.52 bits per heavy atom. The monoisotopic (exact) mass is 480 g/mol. The molecule has 5 nitrogen and oxygen atoms in total. The first kappa shape index (κ1) is 22.1. The molecule has 0 aromatic heterocycles. The summed E-state index contributed by atoms with van der Waals surface area (Å²) in [7, 11) is 1.47. The number of amides is 1. The zero-order valence-electron chi connectivity index (χ0n) is 16.6. The van der Waals surface area contributed by atoms with E-state index in [4.69, 9.17) is 9.47 Å². The van der Waals surface area contributed by atoms with Gasteiger partial charge in [0.1, 0.15) is 5.82 Å². The van der Waals surface area contributed by atoms with E-state index in [1.807, 2.05) is 24.3 Å². The number of ether oxygens (including phenoxy) is 2. The normalized spacial score (nSPS) is 10.8. The lowest BCUT2D eigenvalue weighted by molar-refractivity contribution is -0.118. The molecule has 3 rings (SSSR count). The average Bonchev–Trinajstić information content (AvgIpc) is 2.78. The third-order valence-corrected chi connectivity index (χ3v) is 4.97. The maximum atomic E-state index is 14.1. The van der Waals surface area contributed by atoms with Crippen LogP contribution in [0.15, 0.2) is 71.2 Å². The van der Waals surface area contributed by atoms with Crippen LogP contribution in [-0.2, 0) is 4.79 Å². The van der Waals surface area contributed by atoms with Crippen molar-refractivity contribution in [1.29, 1.82) is 5.26 Å². The molecule has 7 heteroatoms. The van der Waals surface area contributed by atoms with E-state index in [0.717, 1.165) is 0 Å². The molecule has 0 heterocycles. The second kappa shape index (κ2) is 10.4. The van der Waals surface area contributed by atoms with Crippen molar-refractivity contribution in [1.82, 2.24) is 0 Å². The first-order valence-electron chi connectivity index (χ1n) is 9.23. The quantitative estimate of drug-likeness (QED) is 0.348. The summed E-state index contributed by atoms with van der Waals surface area (Å²) in [5.41, 5.74) is 1.63. The summed E-state index contributed by atoms with van der Waals surface area (Å²) in [6.45, 7) is -0.217. The maximum absolute atomic E-state index is 14.1. The highest BCUT2D eigenvalue weighted by Crippen LogP contribution is 2.35. The van der Waals surface area contributed by atoms with Crippen LogP contribution in [0.4, 0.5) is 10.1 Å². The summed E-state index contributed by atoms with van der Waals surface area (Å²) < 4.78 is 25.7. The number of halogens is 2. The molecule has 1 N–H and O–H groups in total. The number of hydrogen-bond donors (Lipinski definition) is 1. The highest BCUT2D eigenvalue weighted by Gasteiger charge is 2.14. The molecular weight excluding hydrogens is 463 g/mol. The fraction of sp³-hybridized carbons (Fsp3) is 0.0833. The van der Waals surface area contributed by atoms with Crippen LogP contribution in [0.25, 0.3) is 11.6 Å². The summed E-state index contributed by atoms with van der Waals surface area (Å²) in [5.74, 6) is -0.0886. The summed E-state index contributed by atoms with van der Waals surface area (Å²) >= 11 is 3.44. The molecule has 0 aliphatic carbocycles. The molecule has 0 fully saturated rings. The van der Waals surface area contributed by atoms with Crippen molar-refractivity contribution in [3.8, 4) is 17.6 Å². The second-order valence-electron chi connectivity index (χ2n) is 6.38. The number of hydrogen-bond acceptors (Lipinski definition) is 4. The largest absolute Gasteiger partial charge is 0.493 e. The number of carbonyl (C=O) groups is 1. The number of methoxy groups -OCH3 is 1. The minimum atomic E-state index is -0.484. The van der Waals surface area contributed by atoms with Crippen LogP contribution in [0.3, 0.4) is 0 Å². The van der Waals surface area contributed by atoms with E-state index >= 15 is 0 Å². The molecule has 0 aliphatic rings. The number of allylic oxidation sites excluding steroid dienone is 1. The van der Waals surface area contributed by atoms with Crippen LogP contribution in [-0.4, -0.2) is 19.6 Å². The molecule has 0 radical (unpaired) electrons. The van der Waals surface area contributed by atoms with Gasteiger partial charge in [-0.1, -0.05) is 52.3 Å². The Bertz CT molecular complexity index is 1160. The number of anilines is 1. The zero-order chi connectivity index (χ0) is 22.2. The fourth-order valence-electron chi connectivity index (χ4n) is 2.80. The Morgan fingerprint density at radius 1 is 1.13 bits per heavy atom. The zero-order valence-corrected chi connectivity index (χ0v) is 18.1. The summed E-state index contributed by atoms with van der Waals surface area (Å²) in [6, 6.07) is 20.4. The Kier molecular flexibility index (Phi) is 7.41. The van der Waals surface area contributed by atoms with E-state index in [-0.39, 0.29) is 23.7 Å². The highest BCUT2D eigenvalue weighted by atomic mass is 79.9. The van der Waals surface area contributed by atoms with Crippen LogP contribution >= 0.6 is 15.9 Å². The third kappa shape index (κ3) is 5.71. The molecule has 3 aromatic rings. The summed E-state index contributed by atoms with van der Waals surface area (Å²) in [4.78, 5) is 12.1. The number of nitrogens with one attached hydrogen (secondary N) is 1. The maximum Gasteiger partial charge on any atom is 0.262 e. The lowest BCUT2D eigenvalue weighted by Gasteiger charge is -2.13. The number of nitrogens with zero attached hydrogens (tertiary/aromatic N) is 1. The van der Waals surface area contributed by atoms with Crippen molar-refractivity contribution in [3.05, 3.63) is 88.1 Å². The predicted molar refractivity (Wildman–Crippen MR) is 121 cm³/mol. The second-order valence-corrected chi connectivity index (χ2v) is 7.23. The van der Waals surface area contributed by atoms with Gasteiger partial charge in [0, 0.05) is 15.7 Å². The lowest BCUT2D eigenvalue weighted by Crippen LogP contribution is -2.20. The molecule has 3 aromatic carbocycles. The average molecular weight is 481 g/mol. The van der Waals surface area contributed by atoms with Crippen LogP contribution < -0.4 is 14.8 Å². The molecule has 0 bridgehead atoms. The Labute approximate surface area is 187 Å². The molecule has 0 saturated heterocycles. The van der Waals surface area contributed by atoms with Crippen LogP contribution in [0.1, 0.15) is 11.1 Å². The predicted octanol–water partition coefficient (Wildman–Crippen LogP) is 5.68. The molecule has 156 valence electrons. The van der Waals surface area contributed by atoms with Gasteiger partial charge < -0.3 is 14.8 Å². The van der Waals surface area contributed by atoms with Crippen molar-refractivity contribution in [3.63, 3.8) is 0 Å². The number of para-hydroxylation sites is 1. The van der Waals surface area contributed by atoms with Crippen molar-refractivity contribution in [2.75, 3.05) is 19.0 Å². The van der Waals surface area contributed by atoms with Crippen molar-refractivity contribution in [2.45, 2.75) is 0 Å². The van der Waals surface area contributed by atoms with Gasteiger partial charge in [0.05, 0.1) is 18.8 Å². The van der Waals surface area contributed by atoms with Gasteiger partial charge in [-0.05, 0) is 42.0 Å². The molecule has 31 heavy (non-hydrogen) atoms. The SMILES string of the molecule is COc1cc(C=C(C#N)c2ccccc2F)c(Br)cc1OCC(=O)Nc1ccccc1. The number of carbonyl (C=O) groups excluding carboxylic acids is 1. The number of benzene rings is 3. The van der Waals surface area contributed by atoms with Crippen LogP contribution in [0.5, 0.6) is 11.5 Å². The molecule has 0 spiro atoms. The van der Waals surface area contributed by atoms with Gasteiger partial charge in [-0.25, -0.2) is 4.39 Å². The minimum Gasteiger partial charge on any atom is -0.493 e. The summed E-state index contributed by atoms with van der Waals surface area (Å²) in [5, 5.41) is 12.2. The van der Waals surface area contributed by atoms with E-state index in [0.29, 0.717) is 27.2 Å². The first-order chi connectivity index (χ1) is 15.0. The lowest BCUT2D eigenvalue weighted by atomic mass is 10.0. The molecule has 0 atom stereocenters. The van der Waals surface area contributed by atoms with E-state index in [2.05, 4.69) is 21.2 Å². The Hall–Kier alpha value is -3.63. The van der Waals surface area contributed by atoms with Crippen molar-refractivity contribution < 1.29 is 18.7 Å². The smallest absolute Gasteiger partial charge is 0.262 e. The Balaban J connectivity index is 1.81. The van der Waals surface area contributed by atoms with Gasteiger partial charge in [0.15, 0.2) is 18.1 Å². The molecule has 0 unspecified atom stereocenters. The van der Waals surface area contributed by atoms with Gasteiger partial charge in [0.2, 0.25) is 0 Å². The van der Waals surface area contributed by atoms with Gasteiger partial charge in [-0.2, -0.15) is 5.26 Å². The first-order valence-corrected chi connectivity index (χ1v) is 10.0. The van der Waals surface area contributed by atoms with Gasteiger partial charge >= 0.3 is 0 Å². The number of rotatable bonds is 7. The standard InChI is InChI=1S/C24H18BrFN2O3/c1-30-22-12-16(11-17(14-27)19-9-5-6-10-21(19)26)20(25)13-23(22)31-15-24(29)28-18-7-3-2-4-8-18/h2-13H,15H2,1H3,(H,28,29). The van der Waals surface area contributed by atoms with E-state index in [1.165, 1.54) is 13.2 Å². The third-order valence-electron chi connectivity index (χ3n) is 4.28. The highest BCUT2D eigenvalue weighted by molar-refractivity contribution is 9.10. The minimum absolute atomic E-state index is 0.164. The van der Waals surface area contributed by atoms with Gasteiger partial charge in [-0.15, -0.1) is 0 Å². The van der Waals surface area contributed by atoms with Crippen LogP contribution in [0.2, 0.25) is 0 Å². The summed E-state index contributed by atoms with van der Waals surface area (Å²) in [6.07, 6.45) is 1.55. The molecule has 0 aliphatic heterocycles. The van der Waals surface area contributed by atoms with Crippen LogP contribution in [0, 0.1) is 17.1 Å².